The first-order valence-electron chi connectivity index (χ1n) is 15.3. The molecule has 2 N–H and O–H groups in total. The van der Waals surface area contributed by atoms with Crippen LogP contribution in [0.15, 0.2) is 109 Å². The standard InChI is InChI=1S/C36H39N5O4S/c1-5-27-23-37-34(38-28(6-2)22-36(4,7-3)40-35(42)45-25-26-16-10-8-11-17-26)39-33(27)31-24-41(32-21-15-14-20-30(31)32)46(43,44)29-18-12-9-13-19-29/h5,8-21,23-24,28H,1,6-7,22,25H2,2-4H3,(H,40,42)(H,37,38,39)/t28-,36+/m1/s1. The number of fused-ring (bicyclic) bond motifs is 1. The van der Waals surface area contributed by atoms with E-state index < -0.39 is 21.7 Å². The molecule has 0 aliphatic rings. The number of nitrogens with zero attached hydrogens (tertiary/aromatic N) is 3. The number of hydrogen-bond acceptors (Lipinski definition) is 7. The Morgan fingerprint density at radius 2 is 1.70 bits per heavy atom. The van der Waals surface area contributed by atoms with E-state index in [0.29, 0.717) is 41.1 Å². The fourth-order valence-electron chi connectivity index (χ4n) is 5.38. The summed E-state index contributed by atoms with van der Waals surface area (Å²) in [6.07, 6.45) is 6.50. The average molecular weight is 638 g/mol. The van der Waals surface area contributed by atoms with E-state index >= 15 is 0 Å². The Morgan fingerprint density at radius 1 is 1.02 bits per heavy atom. The zero-order valence-electron chi connectivity index (χ0n) is 26.3. The number of carbonyl (C=O) groups excluding carboxylic acids is 1. The number of aromatic nitrogens is 3. The summed E-state index contributed by atoms with van der Waals surface area (Å²) in [7, 11) is -3.87. The molecular weight excluding hydrogens is 598 g/mol. The summed E-state index contributed by atoms with van der Waals surface area (Å²) in [5.74, 6) is 0.389. The van der Waals surface area contributed by atoms with Gasteiger partial charge in [0.15, 0.2) is 0 Å². The predicted molar refractivity (Wildman–Crippen MR) is 183 cm³/mol. The number of nitrogens with one attached hydrogen (secondary N) is 2. The third-order valence-corrected chi connectivity index (χ3v) is 9.88. The summed E-state index contributed by atoms with van der Waals surface area (Å²) >= 11 is 0. The molecule has 2 atom stereocenters. The van der Waals surface area contributed by atoms with Crippen LogP contribution in [0.2, 0.25) is 0 Å². The normalized spacial score (nSPS) is 13.5. The van der Waals surface area contributed by atoms with Gasteiger partial charge in [-0.05, 0) is 49.9 Å². The molecule has 5 aromatic rings. The van der Waals surface area contributed by atoms with Gasteiger partial charge in [0.05, 0.1) is 16.1 Å². The van der Waals surface area contributed by atoms with Gasteiger partial charge in [-0.25, -0.2) is 27.2 Å². The van der Waals surface area contributed by atoms with Gasteiger partial charge in [-0.3, -0.25) is 0 Å². The number of para-hydroxylation sites is 1. The summed E-state index contributed by atoms with van der Waals surface area (Å²) in [4.78, 5) is 22.4. The van der Waals surface area contributed by atoms with Crippen molar-refractivity contribution < 1.29 is 17.9 Å². The Bertz CT molecular complexity index is 1930. The van der Waals surface area contributed by atoms with Crippen molar-refractivity contribution in [1.82, 2.24) is 19.3 Å². The number of alkyl carbamates (subject to hydrolysis) is 1. The number of hydrogen-bond donors (Lipinski definition) is 2. The number of anilines is 1. The van der Waals surface area contributed by atoms with E-state index in [0.717, 1.165) is 17.4 Å². The molecule has 1 amide bonds. The maximum Gasteiger partial charge on any atom is 0.407 e. The van der Waals surface area contributed by atoms with Gasteiger partial charge in [0.2, 0.25) is 5.95 Å². The van der Waals surface area contributed by atoms with E-state index in [9.17, 15) is 13.2 Å². The quantitative estimate of drug-likeness (QED) is 0.136. The largest absolute Gasteiger partial charge is 0.445 e. The molecule has 2 heterocycles. The lowest BCUT2D eigenvalue weighted by Gasteiger charge is -2.33. The third-order valence-electron chi connectivity index (χ3n) is 8.19. The maximum absolute atomic E-state index is 13.7. The zero-order chi connectivity index (χ0) is 32.7. The maximum atomic E-state index is 13.7. The van der Waals surface area contributed by atoms with Crippen molar-refractivity contribution in [2.75, 3.05) is 5.32 Å². The Balaban J connectivity index is 1.41. The molecule has 9 nitrogen and oxygen atoms in total. The van der Waals surface area contributed by atoms with Crippen molar-refractivity contribution in [3.05, 3.63) is 115 Å². The summed E-state index contributed by atoms with van der Waals surface area (Å²) in [5.41, 5.74) is 2.77. The van der Waals surface area contributed by atoms with Gasteiger partial charge in [-0.2, -0.15) is 0 Å². The van der Waals surface area contributed by atoms with Crippen LogP contribution in [-0.4, -0.2) is 40.0 Å². The highest BCUT2D eigenvalue weighted by Crippen LogP contribution is 2.34. The van der Waals surface area contributed by atoms with Gasteiger partial charge < -0.3 is 15.4 Å². The van der Waals surface area contributed by atoms with Crippen LogP contribution in [0.25, 0.3) is 28.2 Å². The van der Waals surface area contributed by atoms with Gasteiger partial charge in [-0.15, -0.1) is 0 Å². The zero-order valence-corrected chi connectivity index (χ0v) is 27.1. The second-order valence-corrected chi connectivity index (χ2v) is 13.2. The van der Waals surface area contributed by atoms with E-state index in [2.05, 4.69) is 29.1 Å². The van der Waals surface area contributed by atoms with Crippen LogP contribution < -0.4 is 10.6 Å². The minimum atomic E-state index is -3.87. The molecule has 0 aliphatic carbocycles. The van der Waals surface area contributed by atoms with Crippen LogP contribution >= 0.6 is 0 Å². The monoisotopic (exact) mass is 637 g/mol. The molecule has 238 valence electrons. The van der Waals surface area contributed by atoms with Crippen LogP contribution in [0.4, 0.5) is 10.7 Å². The van der Waals surface area contributed by atoms with E-state index in [1.165, 1.54) is 3.97 Å². The van der Waals surface area contributed by atoms with E-state index in [1.54, 1.807) is 54.9 Å². The Morgan fingerprint density at radius 3 is 2.37 bits per heavy atom. The molecule has 0 saturated carbocycles. The van der Waals surface area contributed by atoms with Crippen molar-refractivity contribution in [3.8, 4) is 11.3 Å². The minimum Gasteiger partial charge on any atom is -0.445 e. The molecule has 5 rings (SSSR count). The first-order chi connectivity index (χ1) is 22.2. The van der Waals surface area contributed by atoms with Crippen LogP contribution in [0.1, 0.15) is 51.2 Å². The van der Waals surface area contributed by atoms with Crippen LogP contribution in [-0.2, 0) is 21.4 Å². The van der Waals surface area contributed by atoms with Gasteiger partial charge in [0.25, 0.3) is 10.0 Å². The fourth-order valence-corrected chi connectivity index (χ4v) is 6.77. The van der Waals surface area contributed by atoms with E-state index in [-0.39, 0.29) is 17.5 Å². The second-order valence-electron chi connectivity index (χ2n) is 11.4. The molecule has 0 bridgehead atoms. The molecule has 0 saturated heterocycles. The number of rotatable bonds is 13. The lowest BCUT2D eigenvalue weighted by atomic mass is 9.89. The van der Waals surface area contributed by atoms with Crippen LogP contribution in [0.3, 0.4) is 0 Å². The van der Waals surface area contributed by atoms with Gasteiger partial charge in [0, 0.05) is 40.5 Å². The Kier molecular flexibility index (Phi) is 9.87. The topological polar surface area (TPSA) is 115 Å². The summed E-state index contributed by atoms with van der Waals surface area (Å²) in [6.45, 7) is 10.2. The highest BCUT2D eigenvalue weighted by molar-refractivity contribution is 7.90. The predicted octanol–water partition coefficient (Wildman–Crippen LogP) is 7.65. The lowest BCUT2D eigenvalue weighted by molar-refractivity contribution is 0.125. The minimum absolute atomic E-state index is 0.0818. The van der Waals surface area contributed by atoms with Crippen molar-refractivity contribution in [1.29, 1.82) is 0 Å². The highest BCUT2D eigenvalue weighted by Gasteiger charge is 2.29. The molecule has 3 aromatic carbocycles. The molecule has 0 spiro atoms. The summed E-state index contributed by atoms with van der Waals surface area (Å²) in [5, 5.41) is 7.24. The van der Waals surface area contributed by atoms with E-state index in [4.69, 9.17) is 9.72 Å². The van der Waals surface area contributed by atoms with Gasteiger partial charge >= 0.3 is 6.09 Å². The third kappa shape index (κ3) is 7.13. The summed E-state index contributed by atoms with van der Waals surface area (Å²) in [6, 6.07) is 25.2. The Labute approximate surface area is 270 Å². The fraction of sp³-hybridized carbons (Fsp3) is 0.250. The molecular formula is C36H39N5O4S. The molecule has 0 radical (unpaired) electrons. The number of amides is 1. The van der Waals surface area contributed by atoms with Crippen molar-refractivity contribution >= 4 is 39.0 Å². The Hall–Kier alpha value is -4.96. The first kappa shape index (κ1) is 32.4. The smallest absolute Gasteiger partial charge is 0.407 e. The number of ether oxygens (including phenoxy) is 1. The van der Waals surface area contributed by atoms with Crippen LogP contribution in [0, 0.1) is 0 Å². The number of carbonyl (C=O) groups is 1. The molecule has 10 heteroatoms. The molecule has 0 aliphatic heterocycles. The molecule has 2 aromatic heterocycles. The first-order valence-corrected chi connectivity index (χ1v) is 16.8. The molecule has 46 heavy (non-hydrogen) atoms. The van der Waals surface area contributed by atoms with E-state index in [1.807, 2.05) is 62.4 Å². The van der Waals surface area contributed by atoms with Crippen molar-refractivity contribution in [2.24, 2.45) is 0 Å². The molecule has 0 fully saturated rings. The SMILES string of the molecule is C=Cc1cnc(N[C@H](CC)C[C@](C)(CC)NC(=O)OCc2ccccc2)nc1-c1cn(S(=O)(=O)c2ccccc2)c2ccccc12. The van der Waals surface area contributed by atoms with Crippen molar-refractivity contribution in [3.63, 3.8) is 0 Å². The highest BCUT2D eigenvalue weighted by atomic mass is 32.2. The number of benzene rings is 3. The second kappa shape index (κ2) is 14.0. The summed E-state index contributed by atoms with van der Waals surface area (Å²) < 4.78 is 34.2. The van der Waals surface area contributed by atoms with Crippen LogP contribution in [0.5, 0.6) is 0 Å². The average Bonchev–Trinajstić information content (AvgIpc) is 3.48. The van der Waals surface area contributed by atoms with Crippen molar-refractivity contribution in [2.45, 2.75) is 63.1 Å². The lowest BCUT2D eigenvalue weighted by Crippen LogP contribution is -2.49. The van der Waals surface area contributed by atoms with Gasteiger partial charge in [-0.1, -0.05) is 93.2 Å². The van der Waals surface area contributed by atoms with Gasteiger partial charge in [0.1, 0.15) is 6.61 Å². The molecule has 0 unspecified atom stereocenters.